The Kier molecular flexibility index (Phi) is 4.12. The van der Waals surface area contributed by atoms with Crippen molar-refractivity contribution >= 4 is 23.0 Å². The second-order valence-corrected chi connectivity index (χ2v) is 4.57. The first kappa shape index (κ1) is 15.1. The van der Waals surface area contributed by atoms with Gasteiger partial charge in [0.05, 0.1) is 21.5 Å². The Morgan fingerprint density at radius 3 is 1.91 bits per heavy atom. The van der Waals surface area contributed by atoms with Gasteiger partial charge in [-0.25, -0.2) is 0 Å². The third-order valence-corrected chi connectivity index (χ3v) is 2.90. The average molecular weight is 301 g/mol. The first-order chi connectivity index (χ1) is 10.4. The van der Waals surface area contributed by atoms with E-state index >= 15 is 0 Å². The third-order valence-electron chi connectivity index (χ3n) is 2.90. The van der Waals surface area contributed by atoms with Crippen LogP contribution in [0.25, 0.3) is 0 Å². The second-order valence-electron chi connectivity index (χ2n) is 4.57. The highest BCUT2D eigenvalue weighted by molar-refractivity contribution is 6.05. The molecule has 0 heterocycles. The molecular weight excluding hydrogens is 290 g/mol. The molecule has 112 valence electrons. The number of benzene rings is 2. The Morgan fingerprint density at radius 1 is 0.955 bits per heavy atom. The molecule has 0 bridgehead atoms. The summed E-state index contributed by atoms with van der Waals surface area (Å²) in [7, 11) is 0. The van der Waals surface area contributed by atoms with Crippen LogP contribution in [0.4, 0.5) is 17.1 Å². The molecule has 8 heteroatoms. The van der Waals surface area contributed by atoms with Gasteiger partial charge in [0.1, 0.15) is 0 Å². The van der Waals surface area contributed by atoms with Crippen molar-refractivity contribution in [1.82, 2.24) is 0 Å². The van der Waals surface area contributed by atoms with Crippen LogP contribution in [0, 0.1) is 27.2 Å². The summed E-state index contributed by atoms with van der Waals surface area (Å²) in [5.74, 6) is -0.657. The van der Waals surface area contributed by atoms with Crippen molar-refractivity contribution in [2.45, 2.75) is 6.92 Å². The normalized spacial score (nSPS) is 10.0. The number of anilines is 1. The first-order valence-corrected chi connectivity index (χ1v) is 6.19. The third kappa shape index (κ3) is 3.42. The summed E-state index contributed by atoms with van der Waals surface area (Å²) in [6, 6.07) is 9.70. The van der Waals surface area contributed by atoms with Gasteiger partial charge in [-0.05, 0) is 19.1 Å². The zero-order valence-corrected chi connectivity index (χ0v) is 11.5. The van der Waals surface area contributed by atoms with Gasteiger partial charge in [-0.15, -0.1) is 0 Å². The van der Waals surface area contributed by atoms with E-state index < -0.39 is 27.1 Å². The fourth-order valence-corrected chi connectivity index (χ4v) is 1.78. The predicted octanol–water partition coefficient (Wildman–Crippen LogP) is 3.06. The van der Waals surface area contributed by atoms with E-state index in [-0.39, 0.29) is 5.56 Å². The van der Waals surface area contributed by atoms with E-state index in [2.05, 4.69) is 5.32 Å². The number of amides is 1. The minimum atomic E-state index is -0.782. The smallest absolute Gasteiger partial charge is 0.277 e. The van der Waals surface area contributed by atoms with E-state index in [4.69, 9.17) is 0 Å². The quantitative estimate of drug-likeness (QED) is 0.688. The number of nitro benzene ring substituents is 2. The molecule has 0 aliphatic carbocycles. The van der Waals surface area contributed by atoms with Crippen molar-refractivity contribution in [3.05, 3.63) is 73.8 Å². The molecular formula is C14H11N3O5. The second kappa shape index (κ2) is 6.00. The van der Waals surface area contributed by atoms with E-state index in [0.29, 0.717) is 5.69 Å². The molecule has 2 aromatic rings. The van der Waals surface area contributed by atoms with Crippen molar-refractivity contribution in [2.24, 2.45) is 0 Å². The number of nitrogens with zero attached hydrogens (tertiary/aromatic N) is 2. The van der Waals surface area contributed by atoms with Crippen LogP contribution in [0.5, 0.6) is 0 Å². The van der Waals surface area contributed by atoms with Crippen molar-refractivity contribution in [2.75, 3.05) is 5.32 Å². The van der Waals surface area contributed by atoms with Gasteiger partial charge >= 0.3 is 0 Å². The van der Waals surface area contributed by atoms with E-state index in [1.54, 1.807) is 24.3 Å². The Balaban J connectivity index is 2.34. The minimum Gasteiger partial charge on any atom is -0.322 e. The lowest BCUT2D eigenvalue weighted by atomic mass is 10.1. The Morgan fingerprint density at radius 2 is 1.45 bits per heavy atom. The topological polar surface area (TPSA) is 115 Å². The van der Waals surface area contributed by atoms with E-state index in [9.17, 15) is 25.0 Å². The minimum absolute atomic E-state index is 0.151. The highest BCUT2D eigenvalue weighted by Crippen LogP contribution is 2.23. The van der Waals surface area contributed by atoms with Gasteiger partial charge in [0.25, 0.3) is 17.3 Å². The van der Waals surface area contributed by atoms with Crippen LogP contribution >= 0.6 is 0 Å². The molecule has 0 unspecified atom stereocenters. The molecule has 1 amide bonds. The predicted molar refractivity (Wildman–Crippen MR) is 78.9 cm³/mol. The van der Waals surface area contributed by atoms with Gasteiger partial charge in [0, 0.05) is 17.8 Å². The lowest BCUT2D eigenvalue weighted by molar-refractivity contribution is -0.394. The molecule has 2 rings (SSSR count). The summed E-state index contributed by atoms with van der Waals surface area (Å²) in [6.07, 6.45) is 0. The summed E-state index contributed by atoms with van der Waals surface area (Å²) in [6.45, 7) is 1.88. The largest absolute Gasteiger partial charge is 0.322 e. The summed E-state index contributed by atoms with van der Waals surface area (Å²) >= 11 is 0. The van der Waals surface area contributed by atoms with E-state index in [1.807, 2.05) is 6.92 Å². The van der Waals surface area contributed by atoms with Gasteiger partial charge in [-0.1, -0.05) is 17.7 Å². The molecule has 0 atom stereocenters. The maximum absolute atomic E-state index is 12.1. The maximum Gasteiger partial charge on any atom is 0.277 e. The van der Waals surface area contributed by atoms with Gasteiger partial charge in [0.2, 0.25) is 0 Å². The van der Waals surface area contributed by atoms with Crippen LogP contribution in [0.3, 0.4) is 0 Å². The zero-order valence-electron chi connectivity index (χ0n) is 11.5. The maximum atomic E-state index is 12.1. The number of carbonyl (C=O) groups is 1. The van der Waals surface area contributed by atoms with Crippen molar-refractivity contribution in [3.63, 3.8) is 0 Å². The van der Waals surface area contributed by atoms with Gasteiger partial charge in [0.15, 0.2) is 0 Å². The number of rotatable bonds is 4. The molecule has 0 saturated carbocycles. The molecule has 0 aromatic heterocycles. The fourth-order valence-electron chi connectivity index (χ4n) is 1.78. The summed E-state index contributed by atoms with van der Waals surface area (Å²) < 4.78 is 0. The average Bonchev–Trinajstić information content (AvgIpc) is 2.49. The SMILES string of the molecule is Cc1ccc(NC(=O)c2cc([N+](=O)[O-])cc([N+](=O)[O-])c2)cc1. The highest BCUT2D eigenvalue weighted by atomic mass is 16.6. The molecule has 22 heavy (non-hydrogen) atoms. The summed E-state index contributed by atoms with van der Waals surface area (Å²) in [5, 5.41) is 24.1. The van der Waals surface area contributed by atoms with Crippen LogP contribution in [0.2, 0.25) is 0 Å². The molecule has 0 saturated heterocycles. The van der Waals surface area contributed by atoms with E-state index in [0.717, 1.165) is 23.8 Å². The van der Waals surface area contributed by atoms with Gasteiger partial charge < -0.3 is 5.32 Å². The Labute approximate surface area is 124 Å². The monoisotopic (exact) mass is 301 g/mol. The molecule has 1 N–H and O–H groups in total. The Hall–Kier alpha value is -3.29. The highest BCUT2D eigenvalue weighted by Gasteiger charge is 2.19. The number of hydrogen-bond acceptors (Lipinski definition) is 5. The van der Waals surface area contributed by atoms with Crippen molar-refractivity contribution in [1.29, 1.82) is 0 Å². The molecule has 8 nitrogen and oxygen atoms in total. The van der Waals surface area contributed by atoms with Crippen molar-refractivity contribution < 1.29 is 14.6 Å². The summed E-state index contributed by atoms with van der Waals surface area (Å²) in [4.78, 5) is 32.1. The molecule has 2 aromatic carbocycles. The number of non-ortho nitro benzene ring substituents is 2. The number of nitrogens with one attached hydrogen (secondary N) is 1. The number of aryl methyl sites for hydroxylation is 1. The van der Waals surface area contributed by atoms with Crippen LogP contribution in [-0.2, 0) is 0 Å². The number of carbonyl (C=O) groups excluding carboxylic acids is 1. The Bertz CT molecular complexity index is 723. The molecule has 0 spiro atoms. The van der Waals surface area contributed by atoms with Gasteiger partial charge in [-0.2, -0.15) is 0 Å². The first-order valence-electron chi connectivity index (χ1n) is 6.19. The zero-order chi connectivity index (χ0) is 16.3. The molecule has 0 aliphatic rings. The lowest BCUT2D eigenvalue weighted by Crippen LogP contribution is -2.12. The number of nitro groups is 2. The number of hydrogen-bond donors (Lipinski definition) is 1. The van der Waals surface area contributed by atoms with Crippen LogP contribution < -0.4 is 5.32 Å². The lowest BCUT2D eigenvalue weighted by Gasteiger charge is -2.05. The summed E-state index contributed by atoms with van der Waals surface area (Å²) in [5.41, 5.74) is 0.321. The molecule has 0 aliphatic heterocycles. The van der Waals surface area contributed by atoms with E-state index in [1.165, 1.54) is 0 Å². The standard InChI is InChI=1S/C14H11N3O5/c1-9-2-4-11(5-3-9)15-14(18)10-6-12(16(19)20)8-13(7-10)17(21)22/h2-8H,1H3,(H,15,18). The van der Waals surface area contributed by atoms with Crippen LogP contribution in [0.1, 0.15) is 15.9 Å². The van der Waals surface area contributed by atoms with Crippen LogP contribution in [-0.4, -0.2) is 15.8 Å². The van der Waals surface area contributed by atoms with Gasteiger partial charge in [-0.3, -0.25) is 25.0 Å². The molecule has 0 radical (unpaired) electrons. The van der Waals surface area contributed by atoms with Crippen molar-refractivity contribution in [3.8, 4) is 0 Å². The fraction of sp³-hybridized carbons (Fsp3) is 0.0714. The molecule has 0 fully saturated rings. The van der Waals surface area contributed by atoms with Crippen LogP contribution in [0.15, 0.2) is 42.5 Å².